The average molecular weight is 233 g/mol. The molecule has 1 aliphatic rings. The van der Waals surface area contributed by atoms with Gasteiger partial charge >= 0.3 is 0 Å². The van der Waals surface area contributed by atoms with Crippen molar-refractivity contribution in [3.63, 3.8) is 0 Å². The molecule has 1 aliphatic heterocycles. The van der Waals surface area contributed by atoms with Gasteiger partial charge in [0.05, 0.1) is 6.54 Å². The molecule has 92 valence electrons. The smallest absolute Gasteiger partial charge is 0.239 e. The highest BCUT2D eigenvalue weighted by molar-refractivity contribution is 5.82. The van der Waals surface area contributed by atoms with Gasteiger partial charge in [0.25, 0.3) is 0 Å². The van der Waals surface area contributed by atoms with Gasteiger partial charge in [-0.1, -0.05) is 12.1 Å². The zero-order valence-electron chi connectivity index (χ0n) is 9.98. The highest BCUT2D eigenvalue weighted by Gasteiger charge is 2.15. The van der Waals surface area contributed by atoms with Crippen LogP contribution >= 0.6 is 0 Å². The zero-order valence-corrected chi connectivity index (χ0v) is 9.98. The molecule has 1 saturated heterocycles. The van der Waals surface area contributed by atoms with Gasteiger partial charge in [-0.3, -0.25) is 4.79 Å². The van der Waals surface area contributed by atoms with Gasteiger partial charge in [-0.2, -0.15) is 0 Å². The van der Waals surface area contributed by atoms with Crippen molar-refractivity contribution in [1.82, 2.24) is 5.32 Å². The number of nitrogens with one attached hydrogen (secondary N) is 1. The summed E-state index contributed by atoms with van der Waals surface area (Å²) in [7, 11) is 0. The van der Waals surface area contributed by atoms with Crippen molar-refractivity contribution < 1.29 is 4.79 Å². The van der Waals surface area contributed by atoms with Crippen LogP contribution in [0.2, 0.25) is 0 Å². The number of amides is 1. The minimum atomic E-state index is 0.100. The Kier molecular flexibility index (Phi) is 3.98. The third kappa shape index (κ3) is 3.20. The maximum absolute atomic E-state index is 11.3. The molecular weight excluding hydrogens is 214 g/mol. The minimum Gasteiger partial charge on any atom is -0.360 e. The van der Waals surface area contributed by atoms with E-state index < -0.39 is 0 Å². The molecular formula is C13H19N3O. The van der Waals surface area contributed by atoms with Crippen LogP contribution < -0.4 is 16.0 Å². The van der Waals surface area contributed by atoms with Gasteiger partial charge in [0, 0.05) is 18.8 Å². The summed E-state index contributed by atoms with van der Waals surface area (Å²) in [6.45, 7) is 2.80. The second-order valence-corrected chi connectivity index (χ2v) is 4.33. The summed E-state index contributed by atoms with van der Waals surface area (Å²) in [4.78, 5) is 13.4. The molecule has 0 unspecified atom stereocenters. The number of piperazine rings is 1. The van der Waals surface area contributed by atoms with E-state index in [0.29, 0.717) is 6.54 Å². The molecule has 17 heavy (non-hydrogen) atoms. The van der Waals surface area contributed by atoms with Crippen LogP contribution in [-0.4, -0.2) is 32.1 Å². The van der Waals surface area contributed by atoms with Crippen LogP contribution in [0.1, 0.15) is 12.0 Å². The quantitative estimate of drug-likeness (QED) is 0.797. The molecule has 0 atom stereocenters. The summed E-state index contributed by atoms with van der Waals surface area (Å²) in [6.07, 6.45) is 2.04. The number of hydrogen-bond donors (Lipinski definition) is 2. The maximum Gasteiger partial charge on any atom is 0.239 e. The van der Waals surface area contributed by atoms with Gasteiger partial charge < -0.3 is 16.0 Å². The fourth-order valence-electron chi connectivity index (χ4n) is 2.04. The lowest BCUT2D eigenvalue weighted by molar-refractivity contribution is -0.120. The predicted molar refractivity (Wildman–Crippen MR) is 69.0 cm³/mol. The second kappa shape index (κ2) is 5.68. The van der Waals surface area contributed by atoms with Gasteiger partial charge in [-0.25, -0.2) is 0 Å². The van der Waals surface area contributed by atoms with Crippen LogP contribution in [0.5, 0.6) is 0 Å². The van der Waals surface area contributed by atoms with Crippen LogP contribution in [0.4, 0.5) is 5.69 Å². The van der Waals surface area contributed by atoms with Crippen molar-refractivity contribution >= 4 is 11.6 Å². The first-order chi connectivity index (χ1) is 8.29. The number of benzene rings is 1. The number of rotatable bonds is 4. The summed E-state index contributed by atoms with van der Waals surface area (Å²) < 4.78 is 0. The van der Waals surface area contributed by atoms with Crippen LogP contribution in [0.3, 0.4) is 0 Å². The molecule has 0 radical (unpaired) electrons. The van der Waals surface area contributed by atoms with Crippen molar-refractivity contribution in [3.8, 4) is 0 Å². The Hall–Kier alpha value is -1.55. The third-order valence-electron chi connectivity index (χ3n) is 3.01. The van der Waals surface area contributed by atoms with E-state index in [1.54, 1.807) is 0 Å². The number of carbonyl (C=O) groups is 1. The number of hydrogen-bond acceptors (Lipinski definition) is 3. The topological polar surface area (TPSA) is 58.4 Å². The van der Waals surface area contributed by atoms with Crippen LogP contribution in [-0.2, 0) is 11.2 Å². The Morgan fingerprint density at radius 3 is 2.71 bits per heavy atom. The van der Waals surface area contributed by atoms with Crippen molar-refractivity contribution in [2.45, 2.75) is 12.8 Å². The van der Waals surface area contributed by atoms with Gasteiger partial charge in [0.15, 0.2) is 0 Å². The Morgan fingerprint density at radius 1 is 1.29 bits per heavy atom. The highest BCUT2D eigenvalue weighted by atomic mass is 16.2. The summed E-state index contributed by atoms with van der Waals surface area (Å²) in [5.41, 5.74) is 7.91. The number of nitrogens with two attached hydrogens (primary N) is 1. The molecule has 1 aromatic carbocycles. The summed E-state index contributed by atoms with van der Waals surface area (Å²) >= 11 is 0. The molecule has 0 spiro atoms. The number of aryl methyl sites for hydroxylation is 1. The van der Waals surface area contributed by atoms with E-state index >= 15 is 0 Å². The Bertz CT molecular complexity index is 375. The van der Waals surface area contributed by atoms with Crippen molar-refractivity contribution in [2.75, 3.05) is 31.1 Å². The van der Waals surface area contributed by atoms with E-state index in [4.69, 9.17) is 5.73 Å². The fourth-order valence-corrected chi connectivity index (χ4v) is 2.04. The predicted octanol–water partition coefficient (Wildman–Crippen LogP) is 0.514. The highest BCUT2D eigenvalue weighted by Crippen LogP contribution is 2.16. The van der Waals surface area contributed by atoms with E-state index in [-0.39, 0.29) is 5.91 Å². The van der Waals surface area contributed by atoms with E-state index in [2.05, 4.69) is 34.5 Å². The van der Waals surface area contributed by atoms with E-state index in [9.17, 15) is 4.79 Å². The van der Waals surface area contributed by atoms with Gasteiger partial charge in [-0.15, -0.1) is 0 Å². The molecule has 0 saturated carbocycles. The minimum absolute atomic E-state index is 0.100. The van der Waals surface area contributed by atoms with Crippen molar-refractivity contribution in [1.29, 1.82) is 0 Å². The first-order valence-corrected chi connectivity index (χ1v) is 6.10. The molecule has 2 rings (SSSR count). The number of nitrogens with zero attached hydrogens (tertiary/aromatic N) is 1. The Morgan fingerprint density at radius 2 is 2.06 bits per heavy atom. The van der Waals surface area contributed by atoms with E-state index in [0.717, 1.165) is 38.2 Å². The lowest BCUT2D eigenvalue weighted by Gasteiger charge is -2.28. The third-order valence-corrected chi connectivity index (χ3v) is 3.01. The van der Waals surface area contributed by atoms with Crippen molar-refractivity contribution in [2.24, 2.45) is 5.73 Å². The number of carbonyl (C=O) groups excluding carboxylic acids is 1. The van der Waals surface area contributed by atoms with Gasteiger partial charge in [0.1, 0.15) is 0 Å². The van der Waals surface area contributed by atoms with E-state index in [1.807, 2.05) is 0 Å². The summed E-state index contributed by atoms with van der Waals surface area (Å²) in [6, 6.07) is 8.42. The standard InChI is InChI=1S/C13H19N3O/c14-7-1-2-11-3-5-12(6-4-11)16-9-8-15-13(17)10-16/h3-6H,1-2,7-10,14H2,(H,15,17). The summed E-state index contributed by atoms with van der Waals surface area (Å²) in [5, 5.41) is 2.83. The lowest BCUT2D eigenvalue weighted by Crippen LogP contribution is -2.47. The largest absolute Gasteiger partial charge is 0.360 e. The SMILES string of the molecule is NCCCc1ccc(N2CCNC(=O)C2)cc1. The first kappa shape index (κ1) is 11.9. The fraction of sp³-hybridized carbons (Fsp3) is 0.462. The molecule has 1 aromatic rings. The average Bonchev–Trinajstić information content (AvgIpc) is 2.37. The monoisotopic (exact) mass is 233 g/mol. The second-order valence-electron chi connectivity index (χ2n) is 4.33. The zero-order chi connectivity index (χ0) is 12.1. The Balaban J connectivity index is 1.99. The first-order valence-electron chi connectivity index (χ1n) is 6.10. The molecule has 1 heterocycles. The maximum atomic E-state index is 11.3. The number of anilines is 1. The summed E-state index contributed by atoms with van der Waals surface area (Å²) in [5.74, 6) is 0.100. The van der Waals surface area contributed by atoms with E-state index in [1.165, 1.54) is 5.56 Å². The van der Waals surface area contributed by atoms with Gasteiger partial charge in [0.2, 0.25) is 5.91 Å². The normalized spacial score (nSPS) is 15.8. The Labute approximate surface area is 102 Å². The van der Waals surface area contributed by atoms with Crippen LogP contribution in [0, 0.1) is 0 Å². The van der Waals surface area contributed by atoms with Crippen molar-refractivity contribution in [3.05, 3.63) is 29.8 Å². The molecule has 3 N–H and O–H groups in total. The van der Waals surface area contributed by atoms with Crippen LogP contribution in [0.25, 0.3) is 0 Å². The molecule has 0 aromatic heterocycles. The van der Waals surface area contributed by atoms with Gasteiger partial charge in [-0.05, 0) is 37.1 Å². The lowest BCUT2D eigenvalue weighted by atomic mass is 10.1. The molecule has 4 nitrogen and oxygen atoms in total. The molecule has 4 heteroatoms. The molecule has 1 fully saturated rings. The van der Waals surface area contributed by atoms with Crippen LogP contribution in [0.15, 0.2) is 24.3 Å². The molecule has 0 bridgehead atoms. The molecule has 1 amide bonds. The molecule has 0 aliphatic carbocycles.